The summed E-state index contributed by atoms with van der Waals surface area (Å²) in [6.45, 7) is 5.59. The third-order valence-electron chi connectivity index (χ3n) is 3.91. The molecule has 24 heavy (non-hydrogen) atoms. The predicted octanol–water partition coefficient (Wildman–Crippen LogP) is 4.79. The van der Waals surface area contributed by atoms with Crippen LogP contribution in [0.2, 0.25) is 0 Å². The lowest BCUT2D eigenvalue weighted by Crippen LogP contribution is -2.09. The molecule has 1 aromatic heterocycles. The highest BCUT2D eigenvalue weighted by Crippen LogP contribution is 2.25. The Balaban J connectivity index is 1.84. The maximum atomic E-state index is 13.2. The summed E-state index contributed by atoms with van der Waals surface area (Å²) in [5.41, 5.74) is 3.73. The average Bonchev–Trinajstić information content (AvgIpc) is 2.91. The Kier molecular flexibility index (Phi) is 4.34. The van der Waals surface area contributed by atoms with E-state index in [2.05, 4.69) is 10.3 Å². The number of fused-ring (bicyclic) bond motifs is 1. The van der Waals surface area contributed by atoms with Gasteiger partial charge in [0.1, 0.15) is 17.1 Å². The van der Waals surface area contributed by atoms with Crippen LogP contribution in [0, 0.1) is 18.7 Å². The number of hydrogen-bond acceptors (Lipinski definition) is 4. The van der Waals surface area contributed by atoms with Crippen molar-refractivity contribution in [3.63, 3.8) is 0 Å². The summed E-state index contributed by atoms with van der Waals surface area (Å²) in [4.78, 5) is 16.2. The van der Waals surface area contributed by atoms with Crippen LogP contribution in [0.4, 0.5) is 16.1 Å². The van der Waals surface area contributed by atoms with Gasteiger partial charge in [0.25, 0.3) is 6.01 Å². The maximum Gasteiger partial charge on any atom is 0.300 e. The van der Waals surface area contributed by atoms with E-state index in [1.807, 2.05) is 39.0 Å². The smallest absolute Gasteiger partial charge is 0.300 e. The highest BCUT2D eigenvalue weighted by Gasteiger charge is 2.12. The molecule has 0 aliphatic carbocycles. The van der Waals surface area contributed by atoms with E-state index in [0.717, 1.165) is 16.8 Å². The van der Waals surface area contributed by atoms with E-state index in [1.165, 1.54) is 12.1 Å². The number of oxazole rings is 1. The van der Waals surface area contributed by atoms with Crippen molar-refractivity contribution in [1.82, 2.24) is 4.98 Å². The normalized spacial score (nSPS) is 11.2. The fourth-order valence-corrected chi connectivity index (χ4v) is 2.42. The molecule has 1 heterocycles. The molecule has 1 N–H and O–H groups in total. The number of ketones is 1. The standard InChI is InChI=1S/C19H19FN2O2/c1-11(2)17(23)9-13-4-6-16-18(10-13)24-19(22-16)21-15-7-5-14(20)8-12(15)3/h4-8,10-11H,9H2,1-3H3,(H,21,22). The first-order chi connectivity index (χ1) is 11.4. The molecule has 0 atom stereocenters. The summed E-state index contributed by atoms with van der Waals surface area (Å²) in [6.07, 6.45) is 0.383. The number of carbonyl (C=O) groups excluding carboxylic acids is 1. The zero-order valence-corrected chi connectivity index (χ0v) is 13.9. The number of nitrogens with zero attached hydrogens (tertiary/aromatic N) is 1. The van der Waals surface area contributed by atoms with Gasteiger partial charge >= 0.3 is 0 Å². The van der Waals surface area contributed by atoms with Gasteiger partial charge in [-0.05, 0) is 48.4 Å². The molecule has 0 fully saturated rings. The number of aryl methyl sites for hydroxylation is 1. The Labute approximate surface area is 139 Å². The number of benzene rings is 2. The molecule has 0 amide bonds. The summed E-state index contributed by atoms with van der Waals surface area (Å²) in [5.74, 6) is -0.0849. The molecule has 0 spiro atoms. The first-order valence-corrected chi connectivity index (χ1v) is 7.88. The largest absolute Gasteiger partial charge is 0.423 e. The summed E-state index contributed by atoms with van der Waals surface area (Å²) < 4.78 is 18.9. The third-order valence-corrected chi connectivity index (χ3v) is 3.91. The first-order valence-electron chi connectivity index (χ1n) is 7.88. The van der Waals surface area contributed by atoms with E-state index in [1.54, 1.807) is 6.07 Å². The molecule has 3 aromatic rings. The SMILES string of the molecule is Cc1cc(F)ccc1Nc1nc2ccc(CC(=O)C(C)C)cc2o1. The number of halogens is 1. The van der Waals surface area contributed by atoms with Crippen LogP contribution in [0.15, 0.2) is 40.8 Å². The Bertz CT molecular complexity index is 900. The van der Waals surface area contributed by atoms with Crippen LogP contribution in [0.5, 0.6) is 0 Å². The fraction of sp³-hybridized carbons (Fsp3) is 0.263. The lowest BCUT2D eigenvalue weighted by atomic mass is 10.0. The second kappa shape index (κ2) is 6.43. The van der Waals surface area contributed by atoms with Crippen molar-refractivity contribution >= 4 is 28.6 Å². The molecular weight excluding hydrogens is 307 g/mol. The van der Waals surface area contributed by atoms with Crippen molar-refractivity contribution in [2.75, 3.05) is 5.32 Å². The Hall–Kier alpha value is -2.69. The molecular formula is C19H19FN2O2. The summed E-state index contributed by atoms with van der Waals surface area (Å²) >= 11 is 0. The molecule has 3 rings (SSSR count). The van der Waals surface area contributed by atoms with Crippen molar-refractivity contribution in [3.05, 3.63) is 53.3 Å². The minimum atomic E-state index is -0.282. The molecule has 0 saturated heterocycles. The molecule has 5 heteroatoms. The molecule has 0 radical (unpaired) electrons. The lowest BCUT2D eigenvalue weighted by Gasteiger charge is -2.05. The van der Waals surface area contributed by atoms with Gasteiger partial charge in [-0.25, -0.2) is 4.39 Å². The fourth-order valence-electron chi connectivity index (χ4n) is 2.42. The van der Waals surface area contributed by atoms with Gasteiger partial charge < -0.3 is 9.73 Å². The van der Waals surface area contributed by atoms with E-state index >= 15 is 0 Å². The lowest BCUT2D eigenvalue weighted by molar-refractivity contribution is -0.121. The molecule has 0 unspecified atom stereocenters. The molecule has 0 aliphatic heterocycles. The van der Waals surface area contributed by atoms with Crippen LogP contribution in [0.25, 0.3) is 11.1 Å². The second-order valence-electron chi connectivity index (χ2n) is 6.20. The number of hydrogen-bond donors (Lipinski definition) is 1. The second-order valence-corrected chi connectivity index (χ2v) is 6.20. The van der Waals surface area contributed by atoms with Crippen molar-refractivity contribution in [3.8, 4) is 0 Å². The van der Waals surface area contributed by atoms with Gasteiger partial charge in [-0.15, -0.1) is 0 Å². The highest BCUT2D eigenvalue weighted by molar-refractivity contribution is 5.84. The van der Waals surface area contributed by atoms with Gasteiger partial charge in [0, 0.05) is 18.0 Å². The van der Waals surface area contributed by atoms with Crippen LogP contribution in [0.3, 0.4) is 0 Å². The van der Waals surface area contributed by atoms with Gasteiger partial charge in [-0.1, -0.05) is 19.9 Å². The molecule has 124 valence electrons. The Morgan fingerprint density at radius 3 is 2.75 bits per heavy atom. The van der Waals surface area contributed by atoms with Crippen molar-refractivity contribution in [2.24, 2.45) is 5.92 Å². The predicted molar refractivity (Wildman–Crippen MR) is 92.0 cm³/mol. The maximum absolute atomic E-state index is 13.2. The minimum absolute atomic E-state index is 0.00843. The number of carbonyl (C=O) groups is 1. The highest BCUT2D eigenvalue weighted by atomic mass is 19.1. The average molecular weight is 326 g/mol. The monoisotopic (exact) mass is 326 g/mol. The number of anilines is 2. The van der Waals surface area contributed by atoms with E-state index in [9.17, 15) is 9.18 Å². The van der Waals surface area contributed by atoms with Crippen molar-refractivity contribution < 1.29 is 13.6 Å². The molecule has 4 nitrogen and oxygen atoms in total. The van der Waals surface area contributed by atoms with Crippen LogP contribution < -0.4 is 5.32 Å². The van der Waals surface area contributed by atoms with Crippen LogP contribution in [0.1, 0.15) is 25.0 Å². The summed E-state index contributed by atoms with van der Waals surface area (Å²) in [6, 6.07) is 10.4. The Morgan fingerprint density at radius 2 is 2.04 bits per heavy atom. The van der Waals surface area contributed by atoms with Gasteiger partial charge in [-0.2, -0.15) is 4.98 Å². The topological polar surface area (TPSA) is 55.1 Å². The van der Waals surface area contributed by atoms with Crippen LogP contribution in [-0.4, -0.2) is 10.8 Å². The van der Waals surface area contributed by atoms with Crippen molar-refractivity contribution in [2.45, 2.75) is 27.2 Å². The first kappa shape index (κ1) is 16.2. The van der Waals surface area contributed by atoms with Gasteiger partial charge in [-0.3, -0.25) is 4.79 Å². The molecule has 0 bridgehead atoms. The zero-order valence-electron chi connectivity index (χ0n) is 13.9. The summed E-state index contributed by atoms with van der Waals surface area (Å²) in [5, 5.41) is 3.06. The van der Waals surface area contributed by atoms with Gasteiger partial charge in [0.2, 0.25) is 0 Å². The molecule has 0 saturated carbocycles. The number of nitrogens with one attached hydrogen (secondary N) is 1. The molecule has 0 aliphatic rings. The summed E-state index contributed by atoms with van der Waals surface area (Å²) in [7, 11) is 0. The zero-order chi connectivity index (χ0) is 17.3. The quantitative estimate of drug-likeness (QED) is 0.732. The number of Topliss-reactive ketones (excluding diaryl/α,β-unsaturated/α-hetero) is 1. The van der Waals surface area contributed by atoms with Gasteiger partial charge in [0.05, 0.1) is 0 Å². The minimum Gasteiger partial charge on any atom is -0.423 e. The Morgan fingerprint density at radius 1 is 1.25 bits per heavy atom. The molecule has 2 aromatic carbocycles. The van der Waals surface area contributed by atoms with E-state index in [-0.39, 0.29) is 17.5 Å². The number of aromatic nitrogens is 1. The van der Waals surface area contributed by atoms with E-state index in [0.29, 0.717) is 23.5 Å². The number of rotatable bonds is 5. The van der Waals surface area contributed by atoms with Crippen molar-refractivity contribution in [1.29, 1.82) is 0 Å². The third kappa shape index (κ3) is 3.45. The van der Waals surface area contributed by atoms with Gasteiger partial charge in [0.15, 0.2) is 5.58 Å². The van der Waals surface area contributed by atoms with E-state index in [4.69, 9.17) is 4.42 Å². The van der Waals surface area contributed by atoms with Crippen LogP contribution in [-0.2, 0) is 11.2 Å². The van der Waals surface area contributed by atoms with E-state index < -0.39 is 0 Å². The van der Waals surface area contributed by atoms with Crippen LogP contribution >= 0.6 is 0 Å².